The van der Waals surface area contributed by atoms with Crippen molar-refractivity contribution in [1.29, 1.82) is 0 Å². The van der Waals surface area contributed by atoms with Gasteiger partial charge < -0.3 is 15.1 Å². The van der Waals surface area contributed by atoms with E-state index >= 15 is 0 Å². The minimum atomic E-state index is -0.200. The molecule has 9 heteroatoms. The molecule has 0 saturated heterocycles. The summed E-state index contributed by atoms with van der Waals surface area (Å²) in [5.74, 6) is 2.44. The zero-order valence-electron chi connectivity index (χ0n) is 15.8. The van der Waals surface area contributed by atoms with Gasteiger partial charge in [-0.05, 0) is 43.2 Å². The average Bonchev–Trinajstić information content (AvgIpc) is 3.34. The van der Waals surface area contributed by atoms with Gasteiger partial charge in [-0.25, -0.2) is 14.4 Å². The van der Waals surface area contributed by atoms with Gasteiger partial charge in [0.2, 0.25) is 5.82 Å². The van der Waals surface area contributed by atoms with E-state index < -0.39 is 0 Å². The van der Waals surface area contributed by atoms with Gasteiger partial charge in [0.25, 0.3) is 0 Å². The Morgan fingerprint density at radius 3 is 2.86 bits per heavy atom. The molecule has 0 atom stereocenters. The van der Waals surface area contributed by atoms with Crippen molar-refractivity contribution in [3.05, 3.63) is 59.4 Å². The van der Waals surface area contributed by atoms with Gasteiger partial charge >= 0.3 is 0 Å². The predicted molar refractivity (Wildman–Crippen MR) is 117 cm³/mol. The van der Waals surface area contributed by atoms with Crippen LogP contribution in [0.4, 0.5) is 4.39 Å². The van der Waals surface area contributed by atoms with Gasteiger partial charge in [-0.3, -0.25) is 5.10 Å². The van der Waals surface area contributed by atoms with Crippen LogP contribution in [0.3, 0.4) is 0 Å². The second-order valence-corrected chi connectivity index (χ2v) is 6.04. The summed E-state index contributed by atoms with van der Waals surface area (Å²) in [5.41, 5.74) is 1.59. The number of aliphatic imine (C=N–C) groups is 1. The number of aromatic nitrogens is 3. The fourth-order valence-corrected chi connectivity index (χ4v) is 2.54. The van der Waals surface area contributed by atoms with Gasteiger partial charge in [0, 0.05) is 19.5 Å². The lowest BCUT2D eigenvalue weighted by Gasteiger charge is -2.10. The van der Waals surface area contributed by atoms with Crippen LogP contribution >= 0.6 is 24.0 Å². The van der Waals surface area contributed by atoms with E-state index in [1.807, 2.05) is 19.1 Å². The molecule has 0 aliphatic carbocycles. The van der Waals surface area contributed by atoms with Crippen molar-refractivity contribution < 1.29 is 8.81 Å². The van der Waals surface area contributed by atoms with Crippen molar-refractivity contribution in [3.63, 3.8) is 0 Å². The molecule has 2 heterocycles. The summed E-state index contributed by atoms with van der Waals surface area (Å²) in [6.45, 7) is 5.62. The average molecular weight is 498 g/mol. The molecule has 2 aromatic heterocycles. The minimum Gasteiger partial charge on any atom is -0.461 e. The van der Waals surface area contributed by atoms with Crippen LogP contribution in [-0.2, 0) is 13.0 Å². The van der Waals surface area contributed by atoms with Crippen molar-refractivity contribution in [2.45, 2.75) is 26.8 Å². The van der Waals surface area contributed by atoms with Crippen molar-refractivity contribution in [3.8, 4) is 11.6 Å². The number of rotatable bonds is 7. The predicted octanol–water partition coefficient (Wildman–Crippen LogP) is 3.43. The Labute approximate surface area is 180 Å². The van der Waals surface area contributed by atoms with Gasteiger partial charge in [-0.15, -0.1) is 24.0 Å². The summed E-state index contributed by atoms with van der Waals surface area (Å²) in [5, 5.41) is 13.5. The molecule has 28 heavy (non-hydrogen) atoms. The molecule has 0 bridgehead atoms. The zero-order valence-corrected chi connectivity index (χ0v) is 18.2. The molecule has 0 spiro atoms. The number of aryl methyl sites for hydroxylation is 1. The van der Waals surface area contributed by atoms with Crippen LogP contribution in [0, 0.1) is 12.7 Å². The molecule has 0 radical (unpaired) electrons. The molecule has 1 aromatic carbocycles. The highest BCUT2D eigenvalue weighted by molar-refractivity contribution is 14.0. The Kier molecular flexibility index (Phi) is 8.42. The van der Waals surface area contributed by atoms with Crippen LogP contribution in [0.15, 0.2) is 46.0 Å². The zero-order chi connectivity index (χ0) is 19.1. The van der Waals surface area contributed by atoms with Crippen molar-refractivity contribution in [1.82, 2.24) is 25.8 Å². The molecule has 0 saturated carbocycles. The summed E-state index contributed by atoms with van der Waals surface area (Å²) in [7, 11) is 0. The van der Waals surface area contributed by atoms with Crippen molar-refractivity contribution in [2.24, 2.45) is 4.99 Å². The first-order valence-corrected chi connectivity index (χ1v) is 8.88. The van der Waals surface area contributed by atoms with Gasteiger partial charge in [0.05, 0.1) is 12.8 Å². The Hall–Kier alpha value is -2.43. The maximum Gasteiger partial charge on any atom is 0.216 e. The standard InChI is InChI=1S/C19H23FN6O.HI/c1-3-21-19(23-12-14-6-7-15(20)13(2)11-14)22-9-8-17-24-18(26-25-17)16-5-4-10-27-16;/h4-7,10-11H,3,8-9,12H2,1-2H3,(H2,21,22,23)(H,24,25,26);1H. The minimum absolute atomic E-state index is 0. The summed E-state index contributed by atoms with van der Waals surface area (Å²) in [4.78, 5) is 8.95. The van der Waals surface area contributed by atoms with Crippen LogP contribution < -0.4 is 10.6 Å². The number of furan rings is 1. The molecule has 0 aliphatic heterocycles. The van der Waals surface area contributed by atoms with Gasteiger partial charge in [-0.2, -0.15) is 5.10 Å². The molecule has 0 amide bonds. The molecule has 3 N–H and O–H groups in total. The molecule has 0 fully saturated rings. The summed E-state index contributed by atoms with van der Waals surface area (Å²) in [6, 6.07) is 8.65. The van der Waals surface area contributed by atoms with E-state index in [-0.39, 0.29) is 29.8 Å². The quantitative estimate of drug-likeness (QED) is 0.264. The fourth-order valence-electron chi connectivity index (χ4n) is 2.54. The third kappa shape index (κ3) is 6.04. The number of nitrogens with zero attached hydrogens (tertiary/aromatic N) is 3. The third-order valence-electron chi connectivity index (χ3n) is 3.91. The molecular weight excluding hydrogens is 474 g/mol. The largest absolute Gasteiger partial charge is 0.461 e. The smallest absolute Gasteiger partial charge is 0.216 e. The highest BCUT2D eigenvalue weighted by atomic mass is 127. The van der Waals surface area contributed by atoms with E-state index in [9.17, 15) is 4.39 Å². The number of guanidine groups is 1. The second-order valence-electron chi connectivity index (χ2n) is 6.04. The van der Waals surface area contributed by atoms with Crippen LogP contribution in [0.1, 0.15) is 23.9 Å². The fraction of sp³-hybridized carbons (Fsp3) is 0.316. The van der Waals surface area contributed by atoms with Crippen molar-refractivity contribution >= 4 is 29.9 Å². The molecule has 150 valence electrons. The number of aromatic amines is 1. The highest BCUT2D eigenvalue weighted by Gasteiger charge is 2.08. The lowest BCUT2D eigenvalue weighted by atomic mass is 10.1. The molecule has 3 rings (SSSR count). The molecular formula is C19H24FIN6O. The van der Waals surface area contributed by atoms with Crippen molar-refractivity contribution in [2.75, 3.05) is 13.1 Å². The van der Waals surface area contributed by atoms with Crippen LogP contribution in [0.25, 0.3) is 11.6 Å². The SMILES string of the molecule is CCNC(=NCc1ccc(F)c(C)c1)NCCc1nc(-c2ccco2)n[nH]1.I. The normalized spacial score (nSPS) is 11.2. The summed E-state index contributed by atoms with van der Waals surface area (Å²) in [6.07, 6.45) is 2.25. The number of H-pyrrole nitrogens is 1. The van der Waals surface area contributed by atoms with E-state index in [0.717, 1.165) is 17.9 Å². The van der Waals surface area contributed by atoms with Gasteiger partial charge in [0.15, 0.2) is 11.7 Å². The number of nitrogens with one attached hydrogen (secondary N) is 3. The second kappa shape index (κ2) is 10.8. The molecule has 7 nitrogen and oxygen atoms in total. The van der Waals surface area contributed by atoms with Crippen LogP contribution in [-0.4, -0.2) is 34.2 Å². The lowest BCUT2D eigenvalue weighted by molar-refractivity contribution is 0.577. The Balaban J connectivity index is 0.00000280. The van der Waals surface area contributed by atoms with Gasteiger partial charge in [0.1, 0.15) is 11.6 Å². The molecule has 0 aliphatic rings. The maximum absolute atomic E-state index is 13.4. The van der Waals surface area contributed by atoms with Crippen LogP contribution in [0.5, 0.6) is 0 Å². The number of benzene rings is 1. The van der Waals surface area contributed by atoms with E-state index in [2.05, 4.69) is 30.8 Å². The number of hydrogen-bond acceptors (Lipinski definition) is 4. The third-order valence-corrected chi connectivity index (χ3v) is 3.91. The topological polar surface area (TPSA) is 91.1 Å². The van der Waals surface area contributed by atoms with E-state index in [1.165, 1.54) is 6.07 Å². The summed E-state index contributed by atoms with van der Waals surface area (Å²) < 4.78 is 18.6. The Morgan fingerprint density at radius 2 is 2.14 bits per heavy atom. The highest BCUT2D eigenvalue weighted by Crippen LogP contribution is 2.14. The monoisotopic (exact) mass is 498 g/mol. The molecule has 3 aromatic rings. The van der Waals surface area contributed by atoms with E-state index in [1.54, 1.807) is 25.3 Å². The summed E-state index contributed by atoms with van der Waals surface area (Å²) >= 11 is 0. The Bertz CT molecular complexity index is 894. The van der Waals surface area contributed by atoms with E-state index in [4.69, 9.17) is 4.42 Å². The van der Waals surface area contributed by atoms with Crippen LogP contribution in [0.2, 0.25) is 0 Å². The molecule has 0 unspecified atom stereocenters. The first-order valence-electron chi connectivity index (χ1n) is 8.88. The van der Waals surface area contributed by atoms with E-state index in [0.29, 0.717) is 42.6 Å². The lowest BCUT2D eigenvalue weighted by Crippen LogP contribution is -2.38. The first kappa shape index (κ1) is 21.9. The number of hydrogen-bond donors (Lipinski definition) is 3. The first-order chi connectivity index (χ1) is 13.2. The van der Waals surface area contributed by atoms with Gasteiger partial charge in [-0.1, -0.05) is 12.1 Å². The maximum atomic E-state index is 13.4. The number of halogens is 2. The Morgan fingerprint density at radius 1 is 1.29 bits per heavy atom.